The molecule has 2 amide bonds. The highest BCUT2D eigenvalue weighted by Crippen LogP contribution is 2.30. The lowest BCUT2D eigenvalue weighted by Gasteiger charge is -2.26. The first-order chi connectivity index (χ1) is 12.7. The molecule has 1 fully saturated rings. The van der Waals surface area contributed by atoms with Crippen molar-refractivity contribution < 1.29 is 23.9 Å². The van der Waals surface area contributed by atoms with Crippen molar-refractivity contribution in [3.05, 3.63) is 42.0 Å². The van der Waals surface area contributed by atoms with E-state index in [0.29, 0.717) is 6.42 Å². The molecule has 0 N–H and O–H groups in total. The fourth-order valence-corrected chi connectivity index (χ4v) is 2.92. The Morgan fingerprint density at radius 3 is 2.48 bits per heavy atom. The van der Waals surface area contributed by atoms with Crippen LogP contribution < -0.4 is 0 Å². The van der Waals surface area contributed by atoms with Crippen LogP contribution in [0.3, 0.4) is 0 Å². The number of allylic oxidation sites excluding steroid dienone is 1. The van der Waals surface area contributed by atoms with Gasteiger partial charge in [0, 0.05) is 5.92 Å². The highest BCUT2D eigenvalue weighted by Gasteiger charge is 2.48. The number of rotatable bonds is 5. The quantitative estimate of drug-likeness (QED) is 0.734. The van der Waals surface area contributed by atoms with Gasteiger partial charge in [-0.3, -0.25) is 4.79 Å². The molecule has 1 heterocycles. The second-order valence-corrected chi connectivity index (χ2v) is 7.44. The Balaban J connectivity index is 2.13. The molecule has 1 saturated heterocycles. The number of hydrogen-bond acceptors (Lipinski definition) is 5. The van der Waals surface area contributed by atoms with Crippen LogP contribution in [0.2, 0.25) is 0 Å². The molecule has 146 valence electrons. The van der Waals surface area contributed by atoms with Gasteiger partial charge in [0.05, 0.1) is 6.61 Å². The van der Waals surface area contributed by atoms with Crippen molar-refractivity contribution in [3.63, 3.8) is 0 Å². The number of amides is 2. The normalized spacial score (nSPS) is 20.1. The summed E-state index contributed by atoms with van der Waals surface area (Å²) in [6.07, 6.45) is 3.67. The molecule has 0 saturated carbocycles. The van der Waals surface area contributed by atoms with Crippen LogP contribution in [0, 0.1) is 5.92 Å². The fourth-order valence-electron chi connectivity index (χ4n) is 2.92. The maximum Gasteiger partial charge on any atom is 0.417 e. The maximum absolute atomic E-state index is 12.8. The van der Waals surface area contributed by atoms with E-state index in [-0.39, 0.29) is 13.0 Å². The van der Waals surface area contributed by atoms with Gasteiger partial charge in [0.1, 0.15) is 11.6 Å². The van der Waals surface area contributed by atoms with Crippen molar-refractivity contribution in [1.29, 1.82) is 0 Å². The minimum absolute atomic E-state index is 0.185. The molecule has 0 radical (unpaired) electrons. The van der Waals surface area contributed by atoms with Gasteiger partial charge in [-0.2, -0.15) is 0 Å². The number of nitrogens with zero attached hydrogens (tertiary/aromatic N) is 1. The van der Waals surface area contributed by atoms with E-state index in [1.807, 2.05) is 42.5 Å². The first-order valence-corrected chi connectivity index (χ1v) is 9.17. The van der Waals surface area contributed by atoms with Crippen LogP contribution in [-0.4, -0.2) is 41.1 Å². The molecule has 0 unspecified atom stereocenters. The molecule has 27 heavy (non-hydrogen) atoms. The fraction of sp³-hybridized carbons (Fsp3) is 0.476. The minimum atomic E-state index is -0.942. The van der Waals surface area contributed by atoms with Gasteiger partial charge in [0.15, 0.2) is 0 Å². The monoisotopic (exact) mass is 373 g/mol. The van der Waals surface area contributed by atoms with Gasteiger partial charge < -0.3 is 9.47 Å². The van der Waals surface area contributed by atoms with E-state index in [9.17, 15) is 14.4 Å². The Labute approximate surface area is 160 Å². The lowest BCUT2D eigenvalue weighted by molar-refractivity contribution is -0.151. The molecule has 6 nitrogen and oxygen atoms in total. The molecular formula is C21H27NO5. The first kappa shape index (κ1) is 20.7. The largest absolute Gasteiger partial charge is 0.464 e. The smallest absolute Gasteiger partial charge is 0.417 e. The summed E-state index contributed by atoms with van der Waals surface area (Å²) in [7, 11) is 0. The van der Waals surface area contributed by atoms with E-state index < -0.39 is 35.5 Å². The average molecular weight is 373 g/mol. The maximum atomic E-state index is 12.8. The number of imide groups is 1. The molecule has 2 rings (SSSR count). The molecule has 1 aliphatic rings. The average Bonchev–Trinajstić information content (AvgIpc) is 2.91. The van der Waals surface area contributed by atoms with Gasteiger partial charge in [-0.25, -0.2) is 14.5 Å². The molecule has 1 aromatic rings. The lowest BCUT2D eigenvalue weighted by Crippen LogP contribution is -2.46. The third-order valence-electron chi connectivity index (χ3n) is 4.09. The van der Waals surface area contributed by atoms with E-state index in [1.165, 1.54) is 0 Å². The van der Waals surface area contributed by atoms with Crippen molar-refractivity contribution in [2.45, 2.75) is 52.2 Å². The number of ether oxygens (including phenoxy) is 2. The Kier molecular flexibility index (Phi) is 6.77. The summed E-state index contributed by atoms with van der Waals surface area (Å²) in [5.41, 5.74) is 0.260. The zero-order valence-electron chi connectivity index (χ0n) is 16.3. The zero-order valence-corrected chi connectivity index (χ0v) is 16.3. The van der Waals surface area contributed by atoms with Gasteiger partial charge in [0.2, 0.25) is 5.91 Å². The highest BCUT2D eigenvalue weighted by atomic mass is 16.6. The summed E-state index contributed by atoms with van der Waals surface area (Å²) in [5, 5.41) is 0. The lowest BCUT2D eigenvalue weighted by atomic mass is 10.0. The Morgan fingerprint density at radius 2 is 1.89 bits per heavy atom. The molecular weight excluding hydrogens is 346 g/mol. The Bertz CT molecular complexity index is 705. The van der Waals surface area contributed by atoms with Crippen LogP contribution in [0.5, 0.6) is 0 Å². The Hall–Kier alpha value is -2.63. The van der Waals surface area contributed by atoms with Crippen LogP contribution >= 0.6 is 0 Å². The van der Waals surface area contributed by atoms with Crippen LogP contribution in [0.15, 0.2) is 36.4 Å². The second kappa shape index (κ2) is 8.84. The number of likely N-dealkylation sites (tertiary alicyclic amines) is 1. The summed E-state index contributed by atoms with van der Waals surface area (Å²) in [6, 6.07) is 8.77. The molecule has 0 bridgehead atoms. The first-order valence-electron chi connectivity index (χ1n) is 9.17. The van der Waals surface area contributed by atoms with E-state index in [0.717, 1.165) is 10.5 Å². The summed E-state index contributed by atoms with van der Waals surface area (Å²) in [5.74, 6) is -1.45. The van der Waals surface area contributed by atoms with E-state index in [4.69, 9.17) is 9.47 Å². The number of hydrogen-bond donors (Lipinski definition) is 0. The number of carbonyl (C=O) groups excluding carboxylic acids is 3. The number of carbonyl (C=O) groups is 3. The van der Waals surface area contributed by atoms with Crippen LogP contribution in [-0.2, 0) is 19.1 Å². The SMILES string of the molecule is CCOC(=O)[C@@H]1C[C@@H](CC=Cc2ccccc2)C(=O)N1C(=O)OC(C)(C)C. The number of benzene rings is 1. The van der Waals surface area contributed by atoms with Gasteiger partial charge in [-0.15, -0.1) is 0 Å². The topological polar surface area (TPSA) is 72.9 Å². The van der Waals surface area contributed by atoms with Crippen LogP contribution in [0.1, 0.15) is 46.1 Å². The van der Waals surface area contributed by atoms with Gasteiger partial charge in [0.25, 0.3) is 0 Å². The van der Waals surface area contributed by atoms with Gasteiger partial charge in [-0.1, -0.05) is 42.5 Å². The minimum Gasteiger partial charge on any atom is -0.464 e. The van der Waals surface area contributed by atoms with Crippen LogP contribution in [0.25, 0.3) is 6.08 Å². The summed E-state index contributed by atoms with van der Waals surface area (Å²) in [6.45, 7) is 7.01. The summed E-state index contributed by atoms with van der Waals surface area (Å²) in [4.78, 5) is 38.5. The predicted octanol–water partition coefficient (Wildman–Crippen LogP) is 3.81. The summed E-state index contributed by atoms with van der Waals surface area (Å²) >= 11 is 0. The summed E-state index contributed by atoms with van der Waals surface area (Å²) < 4.78 is 10.4. The van der Waals surface area contributed by atoms with Gasteiger partial charge >= 0.3 is 12.1 Å². The van der Waals surface area contributed by atoms with Crippen molar-refractivity contribution >= 4 is 24.0 Å². The van der Waals surface area contributed by atoms with Crippen molar-refractivity contribution in [1.82, 2.24) is 4.90 Å². The standard InChI is InChI=1S/C21H27NO5/c1-5-26-19(24)17-14-16(13-9-12-15-10-7-6-8-11-15)18(23)22(17)20(25)27-21(2,3)4/h6-12,16-17H,5,13-14H2,1-4H3/t16-,17+/m1/s1. The molecule has 6 heteroatoms. The molecule has 0 spiro atoms. The molecule has 1 aromatic carbocycles. The third-order valence-corrected chi connectivity index (χ3v) is 4.09. The van der Waals surface area contributed by atoms with E-state index in [1.54, 1.807) is 27.7 Å². The second-order valence-electron chi connectivity index (χ2n) is 7.44. The van der Waals surface area contributed by atoms with E-state index in [2.05, 4.69) is 0 Å². The Morgan fingerprint density at radius 1 is 1.22 bits per heavy atom. The molecule has 0 aromatic heterocycles. The molecule has 0 aliphatic carbocycles. The number of esters is 1. The van der Waals surface area contributed by atoms with Crippen molar-refractivity contribution in [2.24, 2.45) is 5.92 Å². The molecule has 2 atom stereocenters. The van der Waals surface area contributed by atoms with Gasteiger partial charge in [-0.05, 0) is 46.1 Å². The van der Waals surface area contributed by atoms with Crippen molar-refractivity contribution in [3.8, 4) is 0 Å². The molecule has 1 aliphatic heterocycles. The third kappa shape index (κ3) is 5.67. The zero-order chi connectivity index (χ0) is 20.0. The van der Waals surface area contributed by atoms with Crippen LogP contribution in [0.4, 0.5) is 4.79 Å². The van der Waals surface area contributed by atoms with Crippen molar-refractivity contribution in [2.75, 3.05) is 6.61 Å². The van der Waals surface area contributed by atoms with E-state index >= 15 is 0 Å². The highest BCUT2D eigenvalue weighted by molar-refractivity contribution is 6.00. The predicted molar refractivity (Wildman–Crippen MR) is 102 cm³/mol.